The fourth-order valence-corrected chi connectivity index (χ4v) is 3.15. The number of hydrogen-bond acceptors (Lipinski definition) is 5. The minimum Gasteiger partial charge on any atom is -0.345 e. The first-order valence-electron chi connectivity index (χ1n) is 7.27. The third-order valence-corrected chi connectivity index (χ3v) is 4.49. The van der Waals surface area contributed by atoms with Gasteiger partial charge < -0.3 is 9.64 Å². The van der Waals surface area contributed by atoms with Crippen LogP contribution in [-0.2, 0) is 21.0 Å². The van der Waals surface area contributed by atoms with E-state index in [1.807, 2.05) is 0 Å². The van der Waals surface area contributed by atoms with E-state index in [0.717, 1.165) is 12.1 Å². The van der Waals surface area contributed by atoms with Crippen molar-refractivity contribution < 1.29 is 44.0 Å². The Hall–Kier alpha value is -2.04. The molecule has 150 valence electrons. The molecule has 0 bridgehead atoms. The van der Waals surface area contributed by atoms with E-state index in [4.69, 9.17) is 14.6 Å². The molecule has 2 rings (SSSR count). The number of anilines is 1. The molecule has 13 heteroatoms. The lowest BCUT2D eigenvalue weighted by atomic mass is 10.1. The Morgan fingerprint density at radius 2 is 1.89 bits per heavy atom. The number of alkyl halides is 6. The van der Waals surface area contributed by atoms with Crippen molar-refractivity contribution in [1.29, 1.82) is 5.26 Å². The second-order valence-corrected chi connectivity index (χ2v) is 7.29. The molecule has 2 atom stereocenters. The van der Waals surface area contributed by atoms with Gasteiger partial charge in [-0.1, -0.05) is 0 Å². The van der Waals surface area contributed by atoms with Gasteiger partial charge in [-0.15, -0.1) is 0 Å². The molecule has 1 N–H and O–H groups in total. The molecule has 0 unspecified atom stereocenters. The molecule has 0 saturated carbocycles. The van der Waals surface area contributed by atoms with Gasteiger partial charge in [0.05, 0.1) is 29.1 Å². The van der Waals surface area contributed by atoms with Crippen LogP contribution in [-0.4, -0.2) is 43.8 Å². The second-order valence-electron chi connectivity index (χ2n) is 5.72. The van der Waals surface area contributed by atoms with E-state index in [2.05, 4.69) is 0 Å². The number of ether oxygens (including phenoxy) is 1. The van der Waals surface area contributed by atoms with E-state index in [9.17, 15) is 34.8 Å². The number of rotatable bonds is 4. The van der Waals surface area contributed by atoms with Gasteiger partial charge in [0, 0.05) is 12.2 Å². The van der Waals surface area contributed by atoms with Crippen molar-refractivity contribution in [3.63, 3.8) is 0 Å². The number of halogens is 6. The third kappa shape index (κ3) is 5.24. The molecule has 1 saturated heterocycles. The molecule has 1 fully saturated rings. The van der Waals surface area contributed by atoms with Gasteiger partial charge in [-0.3, -0.25) is 4.55 Å². The van der Waals surface area contributed by atoms with Crippen LogP contribution in [0.25, 0.3) is 0 Å². The quantitative estimate of drug-likeness (QED) is 0.597. The standard InChI is InChI=1S/C14H12F6N2O4S/c15-13(16,17)11-5-9(2-1-8(11)6-21)22-7-10(3-4-27(23,24)25)26-12(22)14(18,19)20/h1-2,5,10,12H,3-4,7H2,(H,23,24,25)/t10-,12+/m0/s1. The maximum atomic E-state index is 13.2. The zero-order valence-corrected chi connectivity index (χ0v) is 14.1. The normalized spacial score (nSPS) is 21.3. The average molecular weight is 418 g/mol. The van der Waals surface area contributed by atoms with Gasteiger partial charge in [-0.2, -0.15) is 40.0 Å². The molecular weight excluding hydrogens is 406 g/mol. The Kier molecular flexibility index (Phi) is 5.65. The molecule has 0 spiro atoms. The smallest absolute Gasteiger partial charge is 0.345 e. The highest BCUT2D eigenvalue weighted by molar-refractivity contribution is 7.85. The lowest BCUT2D eigenvalue weighted by Gasteiger charge is -2.27. The van der Waals surface area contributed by atoms with Gasteiger partial charge in [0.1, 0.15) is 0 Å². The monoisotopic (exact) mass is 418 g/mol. The molecule has 1 heterocycles. The van der Waals surface area contributed by atoms with Crippen molar-refractivity contribution in [3.8, 4) is 6.07 Å². The first kappa shape index (κ1) is 21.3. The predicted molar refractivity (Wildman–Crippen MR) is 79.3 cm³/mol. The lowest BCUT2D eigenvalue weighted by molar-refractivity contribution is -0.213. The average Bonchev–Trinajstić information content (AvgIpc) is 2.95. The maximum absolute atomic E-state index is 13.2. The molecule has 6 nitrogen and oxygen atoms in total. The number of hydrogen-bond donors (Lipinski definition) is 1. The molecule has 1 aromatic carbocycles. The number of benzene rings is 1. The van der Waals surface area contributed by atoms with Crippen LogP contribution < -0.4 is 4.90 Å². The van der Waals surface area contributed by atoms with E-state index in [1.54, 1.807) is 0 Å². The van der Waals surface area contributed by atoms with Crippen LogP contribution in [0.3, 0.4) is 0 Å². The fourth-order valence-electron chi connectivity index (χ4n) is 2.59. The van der Waals surface area contributed by atoms with Gasteiger partial charge in [-0.05, 0) is 24.6 Å². The summed E-state index contributed by atoms with van der Waals surface area (Å²) in [4.78, 5) is 0.505. The first-order valence-corrected chi connectivity index (χ1v) is 8.88. The summed E-state index contributed by atoms with van der Waals surface area (Å²) in [5.74, 6) is -0.864. The van der Waals surface area contributed by atoms with E-state index < -0.39 is 70.3 Å². The summed E-state index contributed by atoms with van der Waals surface area (Å²) >= 11 is 0. The van der Waals surface area contributed by atoms with Crippen LogP contribution in [0.15, 0.2) is 18.2 Å². The minimum atomic E-state index is -4.97. The summed E-state index contributed by atoms with van der Waals surface area (Å²) in [6, 6.07) is 3.39. The van der Waals surface area contributed by atoms with Gasteiger partial charge in [0.2, 0.25) is 6.23 Å². The van der Waals surface area contributed by atoms with E-state index >= 15 is 0 Å². The zero-order chi connectivity index (χ0) is 20.6. The summed E-state index contributed by atoms with van der Waals surface area (Å²) in [6.07, 6.45) is -14.3. The van der Waals surface area contributed by atoms with Crippen LogP contribution in [0.2, 0.25) is 0 Å². The number of nitriles is 1. The van der Waals surface area contributed by atoms with E-state index in [1.165, 1.54) is 6.07 Å². The lowest BCUT2D eigenvalue weighted by Crippen LogP contribution is -2.42. The SMILES string of the molecule is N#Cc1ccc(N2C[C@H](CCS(=O)(=O)O)O[C@@H]2C(F)(F)F)cc1C(F)(F)F. The van der Waals surface area contributed by atoms with Crippen molar-refractivity contribution in [2.45, 2.75) is 31.1 Å². The van der Waals surface area contributed by atoms with Crippen LogP contribution in [0.4, 0.5) is 32.0 Å². The molecule has 0 radical (unpaired) electrons. The molecule has 27 heavy (non-hydrogen) atoms. The number of nitrogens with zero attached hydrogens (tertiary/aromatic N) is 2. The van der Waals surface area contributed by atoms with Crippen molar-refractivity contribution in [1.82, 2.24) is 0 Å². The van der Waals surface area contributed by atoms with Crippen molar-refractivity contribution >= 4 is 15.8 Å². The Morgan fingerprint density at radius 3 is 2.37 bits per heavy atom. The van der Waals surface area contributed by atoms with Crippen molar-refractivity contribution in [3.05, 3.63) is 29.3 Å². The van der Waals surface area contributed by atoms with Crippen LogP contribution >= 0.6 is 0 Å². The van der Waals surface area contributed by atoms with E-state index in [0.29, 0.717) is 11.0 Å². The highest BCUT2D eigenvalue weighted by Gasteiger charge is 2.51. The van der Waals surface area contributed by atoms with Crippen molar-refractivity contribution in [2.24, 2.45) is 0 Å². The van der Waals surface area contributed by atoms with Crippen LogP contribution in [0.1, 0.15) is 17.5 Å². The van der Waals surface area contributed by atoms with Gasteiger partial charge in [-0.25, -0.2) is 0 Å². The second kappa shape index (κ2) is 7.17. The van der Waals surface area contributed by atoms with Crippen LogP contribution in [0.5, 0.6) is 0 Å². The Balaban J connectivity index is 2.38. The summed E-state index contributed by atoms with van der Waals surface area (Å²) < 4.78 is 114. The summed E-state index contributed by atoms with van der Waals surface area (Å²) in [7, 11) is -4.45. The Labute approximate surface area is 149 Å². The zero-order valence-electron chi connectivity index (χ0n) is 13.3. The minimum absolute atomic E-state index is 0.409. The van der Waals surface area contributed by atoms with Gasteiger partial charge in [0.15, 0.2) is 0 Å². The fraction of sp³-hybridized carbons (Fsp3) is 0.500. The Bertz CT molecular complexity index is 847. The molecule has 1 aromatic rings. The summed E-state index contributed by atoms with van der Waals surface area (Å²) in [6.45, 7) is -0.553. The highest BCUT2D eigenvalue weighted by atomic mass is 32.2. The molecule has 0 aromatic heterocycles. The maximum Gasteiger partial charge on any atom is 0.433 e. The van der Waals surface area contributed by atoms with Gasteiger partial charge in [0.25, 0.3) is 10.1 Å². The first-order chi connectivity index (χ1) is 12.2. The van der Waals surface area contributed by atoms with Crippen molar-refractivity contribution in [2.75, 3.05) is 17.2 Å². The van der Waals surface area contributed by atoms with Crippen LogP contribution in [0, 0.1) is 11.3 Å². The van der Waals surface area contributed by atoms with Gasteiger partial charge >= 0.3 is 12.4 Å². The summed E-state index contributed by atoms with van der Waals surface area (Å²) in [5.41, 5.74) is -2.64. The Morgan fingerprint density at radius 1 is 1.26 bits per heavy atom. The molecule has 0 aliphatic carbocycles. The topological polar surface area (TPSA) is 90.6 Å². The predicted octanol–water partition coefficient (Wildman–Crippen LogP) is 2.95. The third-order valence-electron chi connectivity index (χ3n) is 3.74. The molecule has 0 amide bonds. The molecule has 1 aliphatic heterocycles. The largest absolute Gasteiger partial charge is 0.433 e. The molecule has 1 aliphatic rings. The molecular formula is C14H12F6N2O4S. The van der Waals surface area contributed by atoms with E-state index in [-0.39, 0.29) is 0 Å². The highest BCUT2D eigenvalue weighted by Crippen LogP contribution is 2.39. The summed E-state index contributed by atoms with van der Waals surface area (Å²) in [5, 5.41) is 8.76.